The molecule has 0 aromatic heterocycles. The minimum absolute atomic E-state index is 0.526. The van der Waals surface area contributed by atoms with Gasteiger partial charge in [-0.05, 0) is 43.0 Å². The maximum atomic E-state index is 10.8. The van der Waals surface area contributed by atoms with Gasteiger partial charge in [-0.2, -0.15) is 0 Å². The Hall–Kier alpha value is -2.06. The highest BCUT2D eigenvalue weighted by Gasteiger charge is 2.24. The Bertz CT molecular complexity index is 778. The highest BCUT2D eigenvalue weighted by molar-refractivity contribution is 5.91. The molecule has 2 aromatic rings. The topological polar surface area (TPSA) is 46.2 Å². The lowest BCUT2D eigenvalue weighted by atomic mass is 9.86. The van der Waals surface area contributed by atoms with Crippen LogP contribution in [0, 0.1) is 5.92 Å². The van der Waals surface area contributed by atoms with Crippen LogP contribution in [0.1, 0.15) is 52.2 Å². The lowest BCUT2D eigenvalue weighted by Crippen LogP contribution is -2.20. The molecular formula is C22H29NO. The van der Waals surface area contributed by atoms with Crippen LogP contribution < -0.4 is 5.73 Å². The summed E-state index contributed by atoms with van der Waals surface area (Å²) in [7, 11) is 0. The second-order valence-electron chi connectivity index (χ2n) is 7.11. The van der Waals surface area contributed by atoms with Crippen molar-refractivity contribution < 1.29 is 5.11 Å². The molecular weight excluding hydrogens is 294 g/mol. The largest absolute Gasteiger partial charge is 0.398 e. The zero-order valence-electron chi connectivity index (χ0n) is 15.4. The Balaban J connectivity index is 2.66. The van der Waals surface area contributed by atoms with E-state index in [1.165, 1.54) is 0 Å². The normalized spacial score (nSPS) is 14.9. The molecule has 1 unspecified atom stereocenters. The first-order valence-electron chi connectivity index (χ1n) is 8.65. The van der Waals surface area contributed by atoms with Gasteiger partial charge in [-0.15, -0.1) is 0 Å². The number of rotatable bonds is 5. The Morgan fingerprint density at radius 3 is 2.50 bits per heavy atom. The van der Waals surface area contributed by atoms with Gasteiger partial charge in [0.05, 0.1) is 5.60 Å². The molecule has 0 fully saturated rings. The third kappa shape index (κ3) is 3.88. The van der Waals surface area contributed by atoms with E-state index in [0.29, 0.717) is 5.92 Å². The third-order valence-corrected chi connectivity index (χ3v) is 4.57. The van der Waals surface area contributed by atoms with Crippen LogP contribution in [0.15, 0.2) is 54.1 Å². The van der Waals surface area contributed by atoms with Gasteiger partial charge in [0, 0.05) is 16.8 Å². The standard InChI is InChI=1S/C22H29NO/c1-6-15(2)11-12-16(3)21(23)19-14-13-17-9-7-8-10-18(17)20(19)22(4,5)24/h7-15,24H,6,23H2,1-5H3/b12-11-,21-16+. The fourth-order valence-corrected chi connectivity index (χ4v) is 2.90. The van der Waals surface area contributed by atoms with Crippen molar-refractivity contribution in [3.8, 4) is 0 Å². The van der Waals surface area contributed by atoms with Crippen molar-refractivity contribution in [3.63, 3.8) is 0 Å². The molecule has 0 bridgehead atoms. The van der Waals surface area contributed by atoms with Crippen LogP contribution in [0.3, 0.4) is 0 Å². The molecule has 2 rings (SSSR count). The summed E-state index contributed by atoms with van der Waals surface area (Å²) in [5.41, 5.74) is 9.04. The van der Waals surface area contributed by atoms with Crippen LogP contribution in [-0.2, 0) is 5.60 Å². The van der Waals surface area contributed by atoms with Crippen molar-refractivity contribution in [2.45, 2.75) is 46.6 Å². The monoisotopic (exact) mass is 323 g/mol. The number of allylic oxidation sites excluding steroid dienone is 3. The molecule has 0 saturated carbocycles. The highest BCUT2D eigenvalue weighted by atomic mass is 16.3. The van der Waals surface area contributed by atoms with Gasteiger partial charge in [-0.1, -0.05) is 68.8 Å². The zero-order chi connectivity index (χ0) is 17.9. The first kappa shape index (κ1) is 18.3. The van der Waals surface area contributed by atoms with Crippen LogP contribution in [0.2, 0.25) is 0 Å². The van der Waals surface area contributed by atoms with Crippen molar-refractivity contribution >= 4 is 16.5 Å². The number of nitrogens with two attached hydrogens (primary N) is 1. The van der Waals surface area contributed by atoms with E-state index in [9.17, 15) is 5.11 Å². The molecule has 0 amide bonds. The summed E-state index contributed by atoms with van der Waals surface area (Å²) in [5, 5.41) is 12.9. The summed E-state index contributed by atoms with van der Waals surface area (Å²) < 4.78 is 0. The smallest absolute Gasteiger partial charge is 0.0853 e. The minimum Gasteiger partial charge on any atom is -0.398 e. The van der Waals surface area contributed by atoms with Crippen molar-refractivity contribution in [2.24, 2.45) is 11.7 Å². The SMILES string of the molecule is CCC(C)/C=C\C(C)=C(\N)c1ccc2ccccc2c1C(C)(C)O. The van der Waals surface area contributed by atoms with Gasteiger partial charge < -0.3 is 10.8 Å². The fraction of sp³-hybridized carbons (Fsp3) is 0.364. The van der Waals surface area contributed by atoms with Crippen LogP contribution in [0.25, 0.3) is 16.5 Å². The van der Waals surface area contributed by atoms with E-state index < -0.39 is 5.60 Å². The second kappa shape index (κ2) is 7.23. The lowest BCUT2D eigenvalue weighted by molar-refractivity contribution is 0.0799. The van der Waals surface area contributed by atoms with Crippen LogP contribution in [-0.4, -0.2) is 5.11 Å². The average Bonchev–Trinajstić information content (AvgIpc) is 2.56. The van der Waals surface area contributed by atoms with Gasteiger partial charge in [-0.25, -0.2) is 0 Å². The van der Waals surface area contributed by atoms with E-state index in [4.69, 9.17) is 5.73 Å². The number of fused-ring (bicyclic) bond motifs is 1. The van der Waals surface area contributed by atoms with Crippen LogP contribution in [0.5, 0.6) is 0 Å². The minimum atomic E-state index is -0.971. The summed E-state index contributed by atoms with van der Waals surface area (Å²) in [6, 6.07) is 12.2. The van der Waals surface area contributed by atoms with Crippen molar-refractivity contribution in [1.29, 1.82) is 0 Å². The van der Waals surface area contributed by atoms with E-state index in [-0.39, 0.29) is 0 Å². The van der Waals surface area contributed by atoms with Gasteiger partial charge in [0.25, 0.3) is 0 Å². The molecule has 0 saturated heterocycles. The van der Waals surface area contributed by atoms with Gasteiger partial charge in [0.15, 0.2) is 0 Å². The number of hydrogen-bond acceptors (Lipinski definition) is 2. The Morgan fingerprint density at radius 2 is 1.88 bits per heavy atom. The Morgan fingerprint density at radius 1 is 1.21 bits per heavy atom. The summed E-state index contributed by atoms with van der Waals surface area (Å²) in [6.45, 7) is 10.0. The van der Waals surface area contributed by atoms with E-state index in [1.54, 1.807) is 0 Å². The van der Waals surface area contributed by atoms with Gasteiger partial charge in [0.1, 0.15) is 0 Å². The van der Waals surface area contributed by atoms with Crippen molar-refractivity contribution in [2.75, 3.05) is 0 Å². The average molecular weight is 323 g/mol. The Labute approximate surface area is 145 Å². The lowest BCUT2D eigenvalue weighted by Gasteiger charge is -2.25. The van der Waals surface area contributed by atoms with Crippen LogP contribution >= 0.6 is 0 Å². The van der Waals surface area contributed by atoms with Gasteiger partial charge in [-0.3, -0.25) is 0 Å². The maximum Gasteiger partial charge on any atom is 0.0853 e. The fourth-order valence-electron chi connectivity index (χ4n) is 2.90. The Kier molecular flexibility index (Phi) is 5.51. The summed E-state index contributed by atoms with van der Waals surface area (Å²) in [6.07, 6.45) is 5.38. The first-order valence-corrected chi connectivity index (χ1v) is 8.65. The molecule has 2 aromatic carbocycles. The summed E-state index contributed by atoms with van der Waals surface area (Å²) in [5.74, 6) is 0.526. The molecule has 1 atom stereocenters. The van der Waals surface area contributed by atoms with Gasteiger partial charge in [0.2, 0.25) is 0 Å². The van der Waals surface area contributed by atoms with E-state index in [0.717, 1.165) is 39.6 Å². The van der Waals surface area contributed by atoms with Crippen molar-refractivity contribution in [1.82, 2.24) is 0 Å². The van der Waals surface area contributed by atoms with E-state index in [1.807, 2.05) is 45.0 Å². The highest BCUT2D eigenvalue weighted by Crippen LogP contribution is 2.34. The van der Waals surface area contributed by atoms with E-state index in [2.05, 4.69) is 38.1 Å². The number of benzene rings is 2. The van der Waals surface area contributed by atoms with Crippen molar-refractivity contribution in [3.05, 3.63) is 65.3 Å². The second-order valence-corrected chi connectivity index (χ2v) is 7.11. The first-order chi connectivity index (χ1) is 11.3. The molecule has 0 aliphatic carbocycles. The molecule has 0 heterocycles. The predicted octanol–water partition coefficient (Wildman–Crippen LogP) is 5.36. The molecule has 0 aliphatic heterocycles. The summed E-state index contributed by atoms with van der Waals surface area (Å²) in [4.78, 5) is 0. The summed E-state index contributed by atoms with van der Waals surface area (Å²) >= 11 is 0. The zero-order valence-corrected chi connectivity index (χ0v) is 15.4. The molecule has 0 spiro atoms. The molecule has 2 heteroatoms. The molecule has 128 valence electrons. The maximum absolute atomic E-state index is 10.8. The molecule has 2 nitrogen and oxygen atoms in total. The predicted molar refractivity (Wildman–Crippen MR) is 105 cm³/mol. The molecule has 0 radical (unpaired) electrons. The number of aliphatic hydroxyl groups is 1. The molecule has 24 heavy (non-hydrogen) atoms. The van der Waals surface area contributed by atoms with E-state index >= 15 is 0 Å². The number of hydrogen-bond donors (Lipinski definition) is 2. The molecule has 3 N–H and O–H groups in total. The quantitative estimate of drug-likeness (QED) is 0.728. The van der Waals surface area contributed by atoms with Gasteiger partial charge >= 0.3 is 0 Å². The molecule has 0 aliphatic rings. The third-order valence-electron chi connectivity index (χ3n) is 4.57. The van der Waals surface area contributed by atoms with Crippen LogP contribution in [0.4, 0.5) is 0 Å².